The molecule has 1 aliphatic heterocycles. The van der Waals surface area contributed by atoms with Gasteiger partial charge in [-0.15, -0.1) is 0 Å². The van der Waals surface area contributed by atoms with Gasteiger partial charge in [-0.05, 0) is 12.8 Å². The molecule has 0 aromatic carbocycles. The molecule has 1 saturated heterocycles. The molecule has 8 heteroatoms. The molecule has 0 spiro atoms. The highest BCUT2D eigenvalue weighted by Gasteiger charge is 2.34. The standard InChI is InChI=1S/C11H17N3O5/c15-5-8(6-16)13-11(19)9-2-1-3-14(9)10(18)4-12-7-17/h5,7-9,16H,1-4,6H2,(H,12,17)(H,13,19). The Balaban J connectivity index is 2.59. The third-order valence-electron chi connectivity index (χ3n) is 2.90. The fourth-order valence-electron chi connectivity index (χ4n) is 1.97. The number of hydrogen-bond acceptors (Lipinski definition) is 5. The Labute approximate surface area is 110 Å². The van der Waals surface area contributed by atoms with Gasteiger partial charge < -0.3 is 25.4 Å². The summed E-state index contributed by atoms with van der Waals surface area (Å²) in [7, 11) is 0. The van der Waals surface area contributed by atoms with Crippen LogP contribution in [0.4, 0.5) is 0 Å². The summed E-state index contributed by atoms with van der Waals surface area (Å²) in [4.78, 5) is 45.7. The van der Waals surface area contributed by atoms with Crippen LogP contribution < -0.4 is 10.6 Å². The van der Waals surface area contributed by atoms with Crippen LogP contribution in [0.25, 0.3) is 0 Å². The number of aliphatic hydroxyl groups excluding tert-OH is 1. The summed E-state index contributed by atoms with van der Waals surface area (Å²) < 4.78 is 0. The van der Waals surface area contributed by atoms with Gasteiger partial charge in [0, 0.05) is 6.54 Å². The van der Waals surface area contributed by atoms with Gasteiger partial charge in [0.05, 0.1) is 13.2 Å². The zero-order valence-electron chi connectivity index (χ0n) is 10.4. The third-order valence-corrected chi connectivity index (χ3v) is 2.90. The number of carbonyl (C=O) groups is 4. The van der Waals surface area contributed by atoms with Crippen molar-refractivity contribution in [2.75, 3.05) is 19.7 Å². The maximum Gasteiger partial charge on any atom is 0.243 e. The Morgan fingerprint density at radius 2 is 2.16 bits per heavy atom. The van der Waals surface area contributed by atoms with Gasteiger partial charge >= 0.3 is 0 Å². The lowest BCUT2D eigenvalue weighted by molar-refractivity contribution is -0.138. The molecule has 0 bridgehead atoms. The Morgan fingerprint density at radius 1 is 1.42 bits per heavy atom. The first-order valence-electron chi connectivity index (χ1n) is 5.97. The van der Waals surface area contributed by atoms with Gasteiger partial charge in [-0.25, -0.2) is 0 Å². The van der Waals surface area contributed by atoms with Gasteiger partial charge in [-0.2, -0.15) is 0 Å². The number of aldehydes is 1. The molecule has 0 saturated carbocycles. The maximum atomic E-state index is 11.9. The number of nitrogens with one attached hydrogen (secondary N) is 2. The molecule has 8 nitrogen and oxygen atoms in total. The lowest BCUT2D eigenvalue weighted by Gasteiger charge is -2.24. The third kappa shape index (κ3) is 4.02. The minimum Gasteiger partial charge on any atom is -0.394 e. The van der Waals surface area contributed by atoms with Crippen LogP contribution in [-0.4, -0.2) is 66.3 Å². The van der Waals surface area contributed by atoms with Gasteiger partial charge in [0.25, 0.3) is 0 Å². The summed E-state index contributed by atoms with van der Waals surface area (Å²) in [5.41, 5.74) is 0. The van der Waals surface area contributed by atoms with Crippen molar-refractivity contribution in [3.05, 3.63) is 0 Å². The van der Waals surface area contributed by atoms with Crippen LogP contribution in [-0.2, 0) is 19.2 Å². The lowest BCUT2D eigenvalue weighted by atomic mass is 10.2. The molecule has 0 aliphatic carbocycles. The summed E-state index contributed by atoms with van der Waals surface area (Å²) in [6, 6.07) is -1.62. The number of aliphatic hydroxyl groups is 1. The van der Waals surface area contributed by atoms with Crippen LogP contribution in [0.1, 0.15) is 12.8 Å². The van der Waals surface area contributed by atoms with Crippen LogP contribution in [0, 0.1) is 0 Å². The second-order valence-corrected chi connectivity index (χ2v) is 4.18. The van der Waals surface area contributed by atoms with E-state index in [0.717, 1.165) is 0 Å². The second kappa shape index (κ2) is 7.47. The van der Waals surface area contributed by atoms with Crippen molar-refractivity contribution in [3.63, 3.8) is 0 Å². The summed E-state index contributed by atoms with van der Waals surface area (Å²) >= 11 is 0. The second-order valence-electron chi connectivity index (χ2n) is 4.18. The van der Waals surface area contributed by atoms with Crippen molar-refractivity contribution in [1.29, 1.82) is 0 Å². The highest BCUT2D eigenvalue weighted by molar-refractivity contribution is 5.90. The zero-order valence-corrected chi connectivity index (χ0v) is 10.4. The van der Waals surface area contributed by atoms with Crippen LogP contribution in [0.3, 0.4) is 0 Å². The monoisotopic (exact) mass is 271 g/mol. The minimum absolute atomic E-state index is 0.162. The van der Waals surface area contributed by atoms with E-state index in [-0.39, 0.29) is 12.5 Å². The molecule has 1 aliphatic rings. The summed E-state index contributed by atoms with van der Waals surface area (Å²) in [6.45, 7) is -0.213. The molecule has 3 amide bonds. The van der Waals surface area contributed by atoms with E-state index in [2.05, 4.69) is 10.6 Å². The average molecular weight is 271 g/mol. The number of rotatable bonds is 7. The van der Waals surface area contributed by atoms with Crippen molar-refractivity contribution in [2.45, 2.75) is 24.9 Å². The number of nitrogens with zero attached hydrogens (tertiary/aromatic N) is 1. The molecule has 1 heterocycles. The Hall–Kier alpha value is -1.96. The van der Waals surface area contributed by atoms with E-state index in [9.17, 15) is 19.2 Å². The summed E-state index contributed by atoms with van der Waals surface area (Å²) in [5.74, 6) is -0.820. The Kier molecular flexibility index (Phi) is 5.94. The lowest BCUT2D eigenvalue weighted by Crippen LogP contribution is -2.51. The quantitative estimate of drug-likeness (QED) is 0.439. The van der Waals surface area contributed by atoms with E-state index in [1.807, 2.05) is 0 Å². The van der Waals surface area contributed by atoms with Gasteiger partial charge in [0.15, 0.2) is 0 Å². The van der Waals surface area contributed by atoms with Crippen molar-refractivity contribution in [2.24, 2.45) is 0 Å². The normalized spacial score (nSPS) is 19.6. The Bertz CT molecular complexity index is 360. The zero-order chi connectivity index (χ0) is 14.3. The predicted molar refractivity (Wildman–Crippen MR) is 63.9 cm³/mol. The molecule has 19 heavy (non-hydrogen) atoms. The number of amides is 3. The highest BCUT2D eigenvalue weighted by Crippen LogP contribution is 2.17. The number of likely N-dealkylation sites (tertiary alicyclic amines) is 1. The first kappa shape index (κ1) is 15.1. The molecule has 1 rings (SSSR count). The van der Waals surface area contributed by atoms with Crippen molar-refractivity contribution < 1.29 is 24.3 Å². The van der Waals surface area contributed by atoms with Crippen molar-refractivity contribution in [3.8, 4) is 0 Å². The topological polar surface area (TPSA) is 116 Å². The SMILES string of the molecule is O=CNCC(=O)N1CCCC1C(=O)NC(C=O)CO. The van der Waals surface area contributed by atoms with Crippen LogP contribution in [0.2, 0.25) is 0 Å². The Morgan fingerprint density at radius 3 is 2.74 bits per heavy atom. The smallest absolute Gasteiger partial charge is 0.243 e. The highest BCUT2D eigenvalue weighted by atomic mass is 16.3. The van der Waals surface area contributed by atoms with Crippen LogP contribution >= 0.6 is 0 Å². The van der Waals surface area contributed by atoms with Crippen molar-refractivity contribution in [1.82, 2.24) is 15.5 Å². The molecule has 0 aromatic heterocycles. The summed E-state index contributed by atoms with van der Waals surface area (Å²) in [6.07, 6.45) is 2.02. The first-order valence-corrected chi connectivity index (χ1v) is 5.97. The van der Waals surface area contributed by atoms with Crippen molar-refractivity contribution >= 4 is 24.5 Å². The van der Waals surface area contributed by atoms with Gasteiger partial charge in [0.2, 0.25) is 18.2 Å². The molecular weight excluding hydrogens is 254 g/mol. The molecule has 0 aromatic rings. The number of carbonyl (C=O) groups excluding carboxylic acids is 4. The fraction of sp³-hybridized carbons (Fsp3) is 0.636. The van der Waals surface area contributed by atoms with E-state index in [0.29, 0.717) is 32.1 Å². The molecule has 3 N–H and O–H groups in total. The average Bonchev–Trinajstić information content (AvgIpc) is 2.91. The fourth-order valence-corrected chi connectivity index (χ4v) is 1.97. The van der Waals surface area contributed by atoms with Gasteiger partial charge in [0.1, 0.15) is 18.4 Å². The van der Waals surface area contributed by atoms with E-state index < -0.39 is 24.6 Å². The molecule has 2 unspecified atom stereocenters. The largest absolute Gasteiger partial charge is 0.394 e. The summed E-state index contributed by atoms with van der Waals surface area (Å²) in [5, 5.41) is 13.4. The molecule has 0 radical (unpaired) electrons. The van der Waals surface area contributed by atoms with E-state index >= 15 is 0 Å². The molecule has 106 valence electrons. The van der Waals surface area contributed by atoms with Gasteiger partial charge in [-0.3, -0.25) is 14.4 Å². The predicted octanol–water partition coefficient (Wildman–Crippen LogP) is -2.60. The van der Waals surface area contributed by atoms with Crippen LogP contribution in [0.5, 0.6) is 0 Å². The van der Waals surface area contributed by atoms with Gasteiger partial charge in [-0.1, -0.05) is 0 Å². The van der Waals surface area contributed by atoms with Crippen LogP contribution in [0.15, 0.2) is 0 Å². The van der Waals surface area contributed by atoms with E-state index in [4.69, 9.17) is 5.11 Å². The van der Waals surface area contributed by atoms with E-state index in [1.54, 1.807) is 0 Å². The molecule has 1 fully saturated rings. The maximum absolute atomic E-state index is 11.9. The van der Waals surface area contributed by atoms with E-state index in [1.165, 1.54) is 4.90 Å². The number of hydrogen-bond donors (Lipinski definition) is 3. The minimum atomic E-state index is -0.960. The molecule has 2 atom stereocenters. The first-order chi connectivity index (χ1) is 9.13. The molecular formula is C11H17N3O5.